The number of hydrogen-bond acceptors (Lipinski definition) is 2. The summed E-state index contributed by atoms with van der Waals surface area (Å²) in [5.41, 5.74) is 0.889. The lowest BCUT2D eigenvalue weighted by atomic mass is 10.1. The normalized spacial score (nSPS) is 12.6. The molecule has 3 nitrogen and oxygen atoms in total. The molecule has 0 heterocycles. The molecule has 0 aliphatic rings. The number of aliphatic hydroxyl groups is 1. The summed E-state index contributed by atoms with van der Waals surface area (Å²) in [7, 11) is 0. The second-order valence-electron chi connectivity index (χ2n) is 2.35. The standard InChI is InChI=1S/C7H12O3/c1-5(2)3-4-6(8)7(9)10/h6,8H,1,3-4H2,2H3,(H,9,10)/t6-/m0/s1. The lowest BCUT2D eigenvalue weighted by Gasteiger charge is -2.03. The van der Waals surface area contributed by atoms with Crippen LogP contribution in [-0.2, 0) is 4.79 Å². The van der Waals surface area contributed by atoms with E-state index in [4.69, 9.17) is 10.2 Å². The minimum Gasteiger partial charge on any atom is -0.479 e. The van der Waals surface area contributed by atoms with Gasteiger partial charge in [-0.25, -0.2) is 4.79 Å². The molecule has 0 unspecified atom stereocenters. The van der Waals surface area contributed by atoms with Crippen molar-refractivity contribution in [3.8, 4) is 0 Å². The fraction of sp³-hybridized carbons (Fsp3) is 0.571. The highest BCUT2D eigenvalue weighted by molar-refractivity contribution is 5.71. The SMILES string of the molecule is C=C(C)CC[C@H](O)C(=O)O. The zero-order valence-corrected chi connectivity index (χ0v) is 6.00. The molecule has 0 saturated carbocycles. The average molecular weight is 144 g/mol. The third kappa shape index (κ3) is 4.09. The van der Waals surface area contributed by atoms with Crippen LogP contribution in [0.2, 0.25) is 0 Å². The Morgan fingerprint density at radius 3 is 2.50 bits per heavy atom. The van der Waals surface area contributed by atoms with Gasteiger partial charge in [-0.3, -0.25) is 0 Å². The molecule has 58 valence electrons. The van der Waals surface area contributed by atoms with Crippen molar-refractivity contribution in [2.75, 3.05) is 0 Å². The van der Waals surface area contributed by atoms with Gasteiger partial charge >= 0.3 is 5.97 Å². The van der Waals surface area contributed by atoms with Crippen molar-refractivity contribution in [2.45, 2.75) is 25.9 Å². The van der Waals surface area contributed by atoms with Gasteiger partial charge in [-0.05, 0) is 19.8 Å². The fourth-order valence-electron chi connectivity index (χ4n) is 0.507. The fourth-order valence-corrected chi connectivity index (χ4v) is 0.507. The van der Waals surface area contributed by atoms with Crippen LogP contribution in [-0.4, -0.2) is 22.3 Å². The third-order valence-corrected chi connectivity index (χ3v) is 1.13. The molecule has 0 radical (unpaired) electrons. The van der Waals surface area contributed by atoms with E-state index in [1.54, 1.807) is 6.92 Å². The van der Waals surface area contributed by atoms with E-state index in [0.717, 1.165) is 5.57 Å². The molecular formula is C7H12O3. The predicted molar refractivity (Wildman–Crippen MR) is 37.7 cm³/mol. The minimum atomic E-state index is -1.24. The van der Waals surface area contributed by atoms with Crippen LogP contribution in [0, 0.1) is 0 Å². The Hall–Kier alpha value is -0.830. The first-order valence-electron chi connectivity index (χ1n) is 3.09. The highest BCUT2D eigenvalue weighted by Gasteiger charge is 2.11. The smallest absolute Gasteiger partial charge is 0.332 e. The van der Waals surface area contributed by atoms with Crippen molar-refractivity contribution in [1.29, 1.82) is 0 Å². The zero-order chi connectivity index (χ0) is 8.15. The molecule has 0 amide bonds. The lowest BCUT2D eigenvalue weighted by Crippen LogP contribution is -2.18. The van der Waals surface area contributed by atoms with Crippen LogP contribution in [0.1, 0.15) is 19.8 Å². The molecule has 0 aliphatic heterocycles. The Balaban J connectivity index is 3.49. The number of aliphatic hydroxyl groups excluding tert-OH is 1. The van der Waals surface area contributed by atoms with Gasteiger partial charge < -0.3 is 10.2 Å². The molecule has 10 heavy (non-hydrogen) atoms. The number of rotatable bonds is 4. The number of carboxylic acids is 1. The molecule has 0 bridgehead atoms. The summed E-state index contributed by atoms with van der Waals surface area (Å²) in [5.74, 6) is -1.17. The maximum absolute atomic E-state index is 10.0. The van der Waals surface area contributed by atoms with Gasteiger partial charge in [-0.2, -0.15) is 0 Å². The van der Waals surface area contributed by atoms with E-state index >= 15 is 0 Å². The van der Waals surface area contributed by atoms with E-state index in [1.807, 2.05) is 0 Å². The van der Waals surface area contributed by atoms with Crippen molar-refractivity contribution in [2.24, 2.45) is 0 Å². The summed E-state index contributed by atoms with van der Waals surface area (Å²) in [6.45, 7) is 5.38. The predicted octanol–water partition coefficient (Wildman–Crippen LogP) is 0.788. The van der Waals surface area contributed by atoms with Crippen LogP contribution in [0.15, 0.2) is 12.2 Å². The lowest BCUT2D eigenvalue weighted by molar-refractivity contribution is -0.146. The van der Waals surface area contributed by atoms with Crippen molar-refractivity contribution in [3.63, 3.8) is 0 Å². The van der Waals surface area contributed by atoms with E-state index in [2.05, 4.69) is 6.58 Å². The van der Waals surface area contributed by atoms with E-state index in [-0.39, 0.29) is 6.42 Å². The summed E-state index contributed by atoms with van der Waals surface area (Å²) in [6.07, 6.45) is -0.422. The highest BCUT2D eigenvalue weighted by atomic mass is 16.4. The Bertz CT molecular complexity index is 140. The topological polar surface area (TPSA) is 57.5 Å². The van der Waals surface area contributed by atoms with Gasteiger partial charge in [-0.15, -0.1) is 6.58 Å². The van der Waals surface area contributed by atoms with Gasteiger partial charge in [0.05, 0.1) is 0 Å². The van der Waals surface area contributed by atoms with E-state index in [0.29, 0.717) is 6.42 Å². The quantitative estimate of drug-likeness (QED) is 0.573. The summed E-state index contributed by atoms with van der Waals surface area (Å²) >= 11 is 0. The number of aliphatic carboxylic acids is 1. The van der Waals surface area contributed by atoms with Crippen LogP contribution in [0.3, 0.4) is 0 Å². The second-order valence-corrected chi connectivity index (χ2v) is 2.35. The number of allylic oxidation sites excluding steroid dienone is 1. The summed E-state index contributed by atoms with van der Waals surface area (Å²) < 4.78 is 0. The first-order valence-corrected chi connectivity index (χ1v) is 3.09. The molecule has 0 aromatic rings. The summed E-state index contributed by atoms with van der Waals surface area (Å²) in [6, 6.07) is 0. The molecule has 0 aliphatic carbocycles. The van der Waals surface area contributed by atoms with E-state index < -0.39 is 12.1 Å². The van der Waals surface area contributed by atoms with Crippen LogP contribution in [0.5, 0.6) is 0 Å². The Kier molecular flexibility index (Phi) is 3.72. The molecule has 0 aromatic carbocycles. The van der Waals surface area contributed by atoms with Crippen LogP contribution in [0.25, 0.3) is 0 Å². The maximum atomic E-state index is 10.0. The first-order chi connectivity index (χ1) is 4.54. The minimum absolute atomic E-state index is 0.255. The number of carbonyl (C=O) groups is 1. The Morgan fingerprint density at radius 2 is 2.20 bits per heavy atom. The van der Waals surface area contributed by atoms with Gasteiger partial charge in [0.1, 0.15) is 0 Å². The molecule has 0 aromatic heterocycles. The molecule has 0 fully saturated rings. The Labute approximate surface area is 60.0 Å². The largest absolute Gasteiger partial charge is 0.479 e. The van der Waals surface area contributed by atoms with Crippen molar-refractivity contribution >= 4 is 5.97 Å². The van der Waals surface area contributed by atoms with Gasteiger partial charge in [0.25, 0.3) is 0 Å². The van der Waals surface area contributed by atoms with Crippen molar-refractivity contribution < 1.29 is 15.0 Å². The Morgan fingerprint density at radius 1 is 1.70 bits per heavy atom. The molecule has 0 spiro atoms. The van der Waals surface area contributed by atoms with Gasteiger partial charge in [0.15, 0.2) is 6.10 Å². The molecule has 2 N–H and O–H groups in total. The molecule has 0 saturated heterocycles. The molecule has 0 rings (SSSR count). The van der Waals surface area contributed by atoms with Crippen molar-refractivity contribution in [3.05, 3.63) is 12.2 Å². The van der Waals surface area contributed by atoms with Crippen LogP contribution in [0.4, 0.5) is 0 Å². The van der Waals surface area contributed by atoms with Gasteiger partial charge in [0, 0.05) is 0 Å². The molecular weight excluding hydrogens is 132 g/mol. The highest BCUT2D eigenvalue weighted by Crippen LogP contribution is 2.03. The van der Waals surface area contributed by atoms with E-state index in [9.17, 15) is 4.79 Å². The second kappa shape index (κ2) is 4.06. The zero-order valence-electron chi connectivity index (χ0n) is 6.00. The summed E-state index contributed by atoms with van der Waals surface area (Å²) in [4.78, 5) is 10.0. The van der Waals surface area contributed by atoms with Gasteiger partial charge in [-0.1, -0.05) is 5.57 Å². The van der Waals surface area contributed by atoms with E-state index in [1.165, 1.54) is 0 Å². The van der Waals surface area contributed by atoms with Crippen LogP contribution < -0.4 is 0 Å². The van der Waals surface area contributed by atoms with Crippen LogP contribution >= 0.6 is 0 Å². The maximum Gasteiger partial charge on any atom is 0.332 e. The number of hydrogen-bond donors (Lipinski definition) is 2. The monoisotopic (exact) mass is 144 g/mol. The molecule has 1 atom stereocenters. The van der Waals surface area contributed by atoms with Gasteiger partial charge in [0.2, 0.25) is 0 Å². The third-order valence-electron chi connectivity index (χ3n) is 1.13. The first kappa shape index (κ1) is 9.17. The average Bonchev–Trinajstić information content (AvgIpc) is 1.82. The summed E-state index contributed by atoms with van der Waals surface area (Å²) in [5, 5.41) is 16.9. The number of carboxylic acid groups (broad SMARTS) is 1. The molecule has 3 heteroatoms. The van der Waals surface area contributed by atoms with Crippen molar-refractivity contribution in [1.82, 2.24) is 0 Å².